The molecule has 1 atom stereocenters. The van der Waals surface area contributed by atoms with Crippen LogP contribution in [0.3, 0.4) is 0 Å². The van der Waals surface area contributed by atoms with E-state index in [0.717, 1.165) is 0 Å². The third-order valence-corrected chi connectivity index (χ3v) is 3.21. The fourth-order valence-electron chi connectivity index (χ4n) is 2.00. The molecule has 0 aliphatic rings. The summed E-state index contributed by atoms with van der Waals surface area (Å²) in [7, 11) is 3.15. The highest BCUT2D eigenvalue weighted by Crippen LogP contribution is 2.18. The van der Waals surface area contributed by atoms with Gasteiger partial charge in [0.1, 0.15) is 0 Å². The fraction of sp³-hybridized carbons (Fsp3) is 0.235. The Hall–Kier alpha value is -3.09. The van der Waals surface area contributed by atoms with Crippen LogP contribution in [-0.2, 0) is 9.53 Å². The standard InChI is InChI=1S/C17H18N2O5/c1-11(16(21)19(2)3)24-17(22)12-7-4-5-8-13(12)18-15(20)14-9-6-10-23-14/h4-11H,1-3H3,(H,18,20)/t11-/m0/s1. The molecule has 2 amide bonds. The van der Waals surface area contributed by atoms with E-state index in [-0.39, 0.29) is 22.9 Å². The van der Waals surface area contributed by atoms with Gasteiger partial charge in [0, 0.05) is 14.1 Å². The van der Waals surface area contributed by atoms with Crippen molar-refractivity contribution in [2.75, 3.05) is 19.4 Å². The molecular formula is C17H18N2O5. The lowest BCUT2D eigenvalue weighted by Crippen LogP contribution is -2.35. The zero-order valence-corrected chi connectivity index (χ0v) is 13.6. The summed E-state index contributed by atoms with van der Waals surface area (Å²) < 4.78 is 10.2. The Morgan fingerprint density at radius 2 is 1.83 bits per heavy atom. The van der Waals surface area contributed by atoms with Crippen LogP contribution in [-0.4, -0.2) is 42.9 Å². The summed E-state index contributed by atoms with van der Waals surface area (Å²) >= 11 is 0. The molecule has 0 fully saturated rings. The molecule has 2 rings (SSSR count). The van der Waals surface area contributed by atoms with Crippen molar-refractivity contribution in [3.8, 4) is 0 Å². The maximum atomic E-state index is 12.3. The average molecular weight is 330 g/mol. The van der Waals surface area contributed by atoms with Gasteiger partial charge in [-0.15, -0.1) is 0 Å². The van der Waals surface area contributed by atoms with Gasteiger partial charge in [-0.2, -0.15) is 0 Å². The van der Waals surface area contributed by atoms with Crippen LogP contribution in [0.25, 0.3) is 0 Å². The number of carbonyl (C=O) groups excluding carboxylic acids is 3. The average Bonchev–Trinajstić information content (AvgIpc) is 3.08. The van der Waals surface area contributed by atoms with Gasteiger partial charge in [-0.05, 0) is 31.2 Å². The molecule has 7 heteroatoms. The lowest BCUT2D eigenvalue weighted by molar-refractivity contribution is -0.137. The van der Waals surface area contributed by atoms with E-state index in [0.29, 0.717) is 0 Å². The summed E-state index contributed by atoms with van der Waals surface area (Å²) in [6.07, 6.45) is 0.449. The normalized spacial score (nSPS) is 11.5. The molecule has 1 heterocycles. The minimum Gasteiger partial charge on any atom is -0.459 e. The van der Waals surface area contributed by atoms with Crippen molar-refractivity contribution in [3.05, 3.63) is 54.0 Å². The van der Waals surface area contributed by atoms with Crippen molar-refractivity contribution < 1.29 is 23.5 Å². The van der Waals surface area contributed by atoms with Crippen molar-refractivity contribution in [1.82, 2.24) is 4.90 Å². The van der Waals surface area contributed by atoms with Crippen molar-refractivity contribution in [1.29, 1.82) is 0 Å². The molecule has 1 N–H and O–H groups in total. The number of likely N-dealkylation sites (N-methyl/N-ethyl adjacent to an activating group) is 1. The molecule has 0 radical (unpaired) electrons. The Balaban J connectivity index is 2.14. The molecular weight excluding hydrogens is 312 g/mol. The quantitative estimate of drug-likeness (QED) is 0.849. The summed E-state index contributed by atoms with van der Waals surface area (Å²) in [4.78, 5) is 37.5. The number of para-hydroxylation sites is 1. The molecule has 0 bridgehead atoms. The molecule has 7 nitrogen and oxygen atoms in total. The highest BCUT2D eigenvalue weighted by molar-refractivity contribution is 6.06. The van der Waals surface area contributed by atoms with Crippen LogP contribution in [0, 0.1) is 0 Å². The highest BCUT2D eigenvalue weighted by Gasteiger charge is 2.22. The van der Waals surface area contributed by atoms with Crippen molar-refractivity contribution in [2.45, 2.75) is 13.0 Å². The number of esters is 1. The Kier molecular flexibility index (Phi) is 5.36. The second kappa shape index (κ2) is 7.45. The third kappa shape index (κ3) is 4.01. The first-order chi connectivity index (χ1) is 11.4. The van der Waals surface area contributed by atoms with Gasteiger partial charge in [-0.3, -0.25) is 9.59 Å². The van der Waals surface area contributed by atoms with E-state index in [2.05, 4.69) is 5.32 Å². The number of anilines is 1. The summed E-state index contributed by atoms with van der Waals surface area (Å²) in [5.74, 6) is -1.40. The Labute approximate surface area is 139 Å². The van der Waals surface area contributed by atoms with Crippen LogP contribution in [0.1, 0.15) is 27.8 Å². The van der Waals surface area contributed by atoms with Crippen LogP contribution in [0.2, 0.25) is 0 Å². The number of benzene rings is 1. The second-order valence-electron chi connectivity index (χ2n) is 5.26. The summed E-state index contributed by atoms with van der Waals surface area (Å²) in [6, 6.07) is 9.47. The maximum Gasteiger partial charge on any atom is 0.341 e. The first-order valence-electron chi connectivity index (χ1n) is 7.26. The van der Waals surface area contributed by atoms with Crippen LogP contribution >= 0.6 is 0 Å². The van der Waals surface area contributed by atoms with Gasteiger partial charge in [-0.1, -0.05) is 12.1 Å². The second-order valence-corrected chi connectivity index (χ2v) is 5.26. The van der Waals surface area contributed by atoms with Gasteiger partial charge in [0.2, 0.25) is 0 Å². The first kappa shape index (κ1) is 17.3. The van der Waals surface area contributed by atoms with Crippen LogP contribution < -0.4 is 5.32 Å². The summed E-state index contributed by atoms with van der Waals surface area (Å²) in [6.45, 7) is 1.49. The number of carbonyl (C=O) groups is 3. The minimum absolute atomic E-state index is 0.120. The van der Waals surface area contributed by atoms with Gasteiger partial charge in [-0.25, -0.2) is 4.79 Å². The van der Waals surface area contributed by atoms with Gasteiger partial charge < -0.3 is 19.4 Å². The molecule has 1 aromatic carbocycles. The van der Waals surface area contributed by atoms with E-state index >= 15 is 0 Å². The first-order valence-corrected chi connectivity index (χ1v) is 7.26. The predicted octanol–water partition coefficient (Wildman–Crippen LogP) is 2.17. The zero-order chi connectivity index (χ0) is 17.7. The molecule has 24 heavy (non-hydrogen) atoms. The van der Waals surface area contributed by atoms with Crippen LogP contribution in [0.15, 0.2) is 47.1 Å². The van der Waals surface area contributed by atoms with Crippen LogP contribution in [0.5, 0.6) is 0 Å². The Morgan fingerprint density at radius 3 is 2.46 bits per heavy atom. The Bertz CT molecular complexity index is 737. The summed E-state index contributed by atoms with van der Waals surface area (Å²) in [5, 5.41) is 2.59. The molecule has 0 spiro atoms. The lowest BCUT2D eigenvalue weighted by Gasteiger charge is -2.18. The van der Waals surface area contributed by atoms with Crippen molar-refractivity contribution in [2.24, 2.45) is 0 Å². The maximum absolute atomic E-state index is 12.3. The molecule has 126 valence electrons. The van der Waals surface area contributed by atoms with E-state index in [1.807, 2.05) is 0 Å². The SMILES string of the molecule is C[C@H](OC(=O)c1ccccc1NC(=O)c1ccco1)C(=O)N(C)C. The van der Waals surface area contributed by atoms with Crippen molar-refractivity contribution >= 4 is 23.5 Å². The van der Waals surface area contributed by atoms with E-state index in [4.69, 9.17) is 9.15 Å². The molecule has 0 saturated carbocycles. The number of hydrogen-bond donors (Lipinski definition) is 1. The number of furan rings is 1. The van der Waals surface area contributed by atoms with E-state index < -0.39 is 18.0 Å². The largest absolute Gasteiger partial charge is 0.459 e. The lowest BCUT2D eigenvalue weighted by atomic mass is 10.1. The molecule has 1 aromatic heterocycles. The zero-order valence-electron chi connectivity index (χ0n) is 13.6. The smallest absolute Gasteiger partial charge is 0.341 e. The molecule has 2 aromatic rings. The fourth-order valence-corrected chi connectivity index (χ4v) is 2.00. The molecule has 0 unspecified atom stereocenters. The number of nitrogens with one attached hydrogen (secondary N) is 1. The third-order valence-electron chi connectivity index (χ3n) is 3.21. The van der Waals surface area contributed by atoms with E-state index in [1.54, 1.807) is 38.4 Å². The minimum atomic E-state index is -0.929. The molecule has 0 saturated heterocycles. The van der Waals surface area contributed by atoms with Gasteiger partial charge >= 0.3 is 5.97 Å². The number of nitrogens with zero attached hydrogens (tertiary/aromatic N) is 1. The van der Waals surface area contributed by atoms with Gasteiger partial charge in [0.25, 0.3) is 11.8 Å². The monoisotopic (exact) mass is 330 g/mol. The van der Waals surface area contributed by atoms with E-state index in [1.165, 1.54) is 30.2 Å². The number of amides is 2. The van der Waals surface area contributed by atoms with E-state index in [9.17, 15) is 14.4 Å². The van der Waals surface area contributed by atoms with Crippen LogP contribution in [0.4, 0.5) is 5.69 Å². The topological polar surface area (TPSA) is 88.8 Å². The number of ether oxygens (including phenoxy) is 1. The van der Waals surface area contributed by atoms with Gasteiger partial charge in [0.15, 0.2) is 11.9 Å². The summed E-state index contributed by atoms with van der Waals surface area (Å²) in [5.41, 5.74) is 0.421. The van der Waals surface area contributed by atoms with Crippen molar-refractivity contribution in [3.63, 3.8) is 0 Å². The molecule has 0 aliphatic carbocycles. The number of hydrogen-bond acceptors (Lipinski definition) is 5. The number of rotatable bonds is 5. The van der Waals surface area contributed by atoms with Gasteiger partial charge in [0.05, 0.1) is 17.5 Å². The predicted molar refractivity (Wildman–Crippen MR) is 86.7 cm³/mol. The molecule has 0 aliphatic heterocycles. The highest BCUT2D eigenvalue weighted by atomic mass is 16.5. The Morgan fingerprint density at radius 1 is 1.12 bits per heavy atom.